The lowest BCUT2D eigenvalue weighted by Gasteiger charge is -2.11. The molecule has 1 aliphatic rings. The van der Waals surface area contributed by atoms with E-state index in [-0.39, 0.29) is 30.2 Å². The van der Waals surface area contributed by atoms with Crippen LogP contribution in [0.4, 0.5) is 5.69 Å². The third kappa shape index (κ3) is 4.50. The molecule has 2 aromatic carbocycles. The number of hydrogen-bond donors (Lipinski definition) is 2. The molecule has 3 nitrogen and oxygen atoms in total. The Kier molecular flexibility index (Phi) is 6.67. The van der Waals surface area contributed by atoms with Crippen LogP contribution in [-0.4, -0.2) is 12.5 Å². The molecule has 5 heteroatoms. The second-order valence-corrected chi connectivity index (χ2v) is 6.37. The number of carbonyl (C=O) groups is 1. The molecule has 1 saturated carbocycles. The first-order valence-electron chi connectivity index (χ1n) is 8.04. The Labute approximate surface area is 154 Å². The first-order valence-corrected chi connectivity index (χ1v) is 8.41. The topological polar surface area (TPSA) is 41.1 Å². The van der Waals surface area contributed by atoms with Gasteiger partial charge in [0.25, 0.3) is 0 Å². The zero-order valence-corrected chi connectivity index (χ0v) is 15.2. The minimum Gasteiger partial charge on any atom is -0.326 e. The van der Waals surface area contributed by atoms with Gasteiger partial charge < -0.3 is 10.6 Å². The van der Waals surface area contributed by atoms with E-state index in [0.717, 1.165) is 41.3 Å². The van der Waals surface area contributed by atoms with Crippen molar-refractivity contribution in [1.82, 2.24) is 5.32 Å². The molecule has 0 aliphatic heterocycles. The molecule has 2 N–H and O–H groups in total. The van der Waals surface area contributed by atoms with Gasteiger partial charge in [-0.2, -0.15) is 0 Å². The number of rotatable bonds is 6. The summed E-state index contributed by atoms with van der Waals surface area (Å²) in [6.45, 7) is 3.73. The Bertz CT molecular complexity index is 705. The van der Waals surface area contributed by atoms with E-state index >= 15 is 0 Å². The minimum atomic E-state index is 0. The zero-order chi connectivity index (χ0) is 16.2. The van der Waals surface area contributed by atoms with E-state index < -0.39 is 0 Å². The fraction of sp³-hybridized carbons (Fsp3) is 0.316. The van der Waals surface area contributed by atoms with E-state index in [1.807, 2.05) is 48.5 Å². The molecule has 3 rings (SSSR count). The number of carbonyl (C=O) groups excluding carboxylic acids is 1. The monoisotopic (exact) mass is 364 g/mol. The number of halogens is 2. The Morgan fingerprint density at radius 2 is 2.00 bits per heavy atom. The van der Waals surface area contributed by atoms with Gasteiger partial charge in [-0.25, -0.2) is 0 Å². The van der Waals surface area contributed by atoms with Gasteiger partial charge in [-0.3, -0.25) is 4.79 Å². The molecule has 2 atom stereocenters. The molecule has 1 amide bonds. The molecule has 128 valence electrons. The van der Waals surface area contributed by atoms with Crippen molar-refractivity contribution in [3.8, 4) is 0 Å². The summed E-state index contributed by atoms with van der Waals surface area (Å²) in [5, 5.41) is 7.11. The highest BCUT2D eigenvalue weighted by atomic mass is 35.5. The quantitative estimate of drug-likeness (QED) is 0.785. The van der Waals surface area contributed by atoms with Crippen LogP contribution in [0.15, 0.2) is 48.5 Å². The number of benzene rings is 2. The first kappa shape index (κ1) is 18.8. The van der Waals surface area contributed by atoms with E-state index in [9.17, 15) is 4.79 Å². The number of hydrogen-bond acceptors (Lipinski definition) is 2. The SMILES string of the molecule is CCNCc1ccccc1NC(=O)C1CC1c1cccc(Cl)c1.Cl. The number of anilines is 1. The average molecular weight is 365 g/mol. The zero-order valence-electron chi connectivity index (χ0n) is 13.6. The van der Waals surface area contributed by atoms with E-state index in [1.54, 1.807) is 0 Å². The van der Waals surface area contributed by atoms with Crippen molar-refractivity contribution < 1.29 is 4.79 Å². The molecule has 1 aliphatic carbocycles. The number of nitrogens with one attached hydrogen (secondary N) is 2. The summed E-state index contributed by atoms with van der Waals surface area (Å²) in [6, 6.07) is 15.7. The summed E-state index contributed by atoms with van der Waals surface area (Å²) < 4.78 is 0. The lowest BCUT2D eigenvalue weighted by Crippen LogP contribution is -2.18. The Morgan fingerprint density at radius 3 is 2.75 bits per heavy atom. The van der Waals surface area contributed by atoms with Gasteiger partial charge in [0, 0.05) is 23.2 Å². The molecule has 0 bridgehead atoms. The van der Waals surface area contributed by atoms with E-state index in [4.69, 9.17) is 11.6 Å². The standard InChI is InChI=1S/C19H21ClN2O.ClH/c1-2-21-12-14-6-3-4-9-18(14)22-19(23)17-11-16(17)13-7-5-8-15(20)10-13;/h3-10,16-17,21H,2,11-12H2,1H3,(H,22,23);1H. The van der Waals surface area contributed by atoms with Crippen LogP contribution in [0.5, 0.6) is 0 Å². The minimum absolute atomic E-state index is 0. The predicted octanol–water partition coefficient (Wildman–Crippen LogP) is 4.61. The van der Waals surface area contributed by atoms with Crippen molar-refractivity contribution in [3.05, 3.63) is 64.7 Å². The molecule has 2 aromatic rings. The maximum atomic E-state index is 12.5. The number of para-hydroxylation sites is 1. The highest BCUT2D eigenvalue weighted by Gasteiger charge is 2.44. The van der Waals surface area contributed by atoms with Crippen molar-refractivity contribution >= 4 is 35.6 Å². The summed E-state index contributed by atoms with van der Waals surface area (Å²) in [7, 11) is 0. The van der Waals surface area contributed by atoms with Crippen LogP contribution in [0, 0.1) is 5.92 Å². The van der Waals surface area contributed by atoms with Gasteiger partial charge in [-0.15, -0.1) is 12.4 Å². The summed E-state index contributed by atoms with van der Waals surface area (Å²) in [5.41, 5.74) is 3.16. The summed E-state index contributed by atoms with van der Waals surface area (Å²) in [4.78, 5) is 12.5. The van der Waals surface area contributed by atoms with Crippen LogP contribution in [0.1, 0.15) is 30.4 Å². The van der Waals surface area contributed by atoms with Gasteiger partial charge in [-0.05, 0) is 48.2 Å². The maximum Gasteiger partial charge on any atom is 0.228 e. The van der Waals surface area contributed by atoms with Crippen LogP contribution < -0.4 is 10.6 Å². The Balaban J connectivity index is 0.00000208. The van der Waals surface area contributed by atoms with Crippen molar-refractivity contribution in [2.24, 2.45) is 5.92 Å². The van der Waals surface area contributed by atoms with Gasteiger partial charge in [0.15, 0.2) is 0 Å². The first-order chi connectivity index (χ1) is 11.2. The molecule has 0 heterocycles. The van der Waals surface area contributed by atoms with Gasteiger partial charge in [0.05, 0.1) is 0 Å². The lowest BCUT2D eigenvalue weighted by molar-refractivity contribution is -0.117. The molecular formula is C19H22Cl2N2O. The predicted molar refractivity (Wildman–Crippen MR) is 102 cm³/mol. The Morgan fingerprint density at radius 1 is 1.21 bits per heavy atom. The third-order valence-corrected chi connectivity index (χ3v) is 4.48. The van der Waals surface area contributed by atoms with Crippen LogP contribution >= 0.6 is 24.0 Å². The smallest absolute Gasteiger partial charge is 0.228 e. The van der Waals surface area contributed by atoms with E-state index in [1.165, 1.54) is 0 Å². The molecule has 0 saturated heterocycles. The molecule has 2 unspecified atom stereocenters. The van der Waals surface area contributed by atoms with Crippen LogP contribution in [-0.2, 0) is 11.3 Å². The average Bonchev–Trinajstić information content (AvgIpc) is 3.35. The third-order valence-electron chi connectivity index (χ3n) is 4.24. The molecule has 0 radical (unpaired) electrons. The highest BCUT2D eigenvalue weighted by molar-refractivity contribution is 6.30. The van der Waals surface area contributed by atoms with Crippen LogP contribution in [0.25, 0.3) is 0 Å². The second kappa shape index (κ2) is 8.52. The van der Waals surface area contributed by atoms with Gasteiger partial charge >= 0.3 is 0 Å². The summed E-state index contributed by atoms with van der Waals surface area (Å²) >= 11 is 6.04. The fourth-order valence-corrected chi connectivity index (χ4v) is 3.07. The van der Waals surface area contributed by atoms with Crippen molar-refractivity contribution in [1.29, 1.82) is 0 Å². The van der Waals surface area contributed by atoms with Crippen molar-refractivity contribution in [2.45, 2.75) is 25.8 Å². The maximum absolute atomic E-state index is 12.5. The fourth-order valence-electron chi connectivity index (χ4n) is 2.87. The molecule has 0 aromatic heterocycles. The summed E-state index contributed by atoms with van der Waals surface area (Å²) in [5.74, 6) is 0.425. The lowest BCUT2D eigenvalue weighted by atomic mass is 10.1. The normalized spacial score (nSPS) is 18.6. The Hall–Kier alpha value is -1.55. The number of amides is 1. The van der Waals surface area contributed by atoms with Gasteiger partial charge in [0.2, 0.25) is 5.91 Å². The summed E-state index contributed by atoms with van der Waals surface area (Å²) in [6.07, 6.45) is 0.890. The molecule has 24 heavy (non-hydrogen) atoms. The van der Waals surface area contributed by atoms with Gasteiger partial charge in [0.1, 0.15) is 0 Å². The molecule has 1 fully saturated rings. The van der Waals surface area contributed by atoms with Crippen molar-refractivity contribution in [3.63, 3.8) is 0 Å². The van der Waals surface area contributed by atoms with Gasteiger partial charge in [-0.1, -0.05) is 48.9 Å². The molecular weight excluding hydrogens is 343 g/mol. The molecule has 0 spiro atoms. The van der Waals surface area contributed by atoms with Crippen molar-refractivity contribution in [2.75, 3.05) is 11.9 Å². The second-order valence-electron chi connectivity index (χ2n) is 5.93. The van der Waals surface area contributed by atoms with Crippen LogP contribution in [0.2, 0.25) is 5.02 Å². The van der Waals surface area contributed by atoms with E-state index in [2.05, 4.69) is 17.6 Å². The highest BCUT2D eigenvalue weighted by Crippen LogP contribution is 2.48. The van der Waals surface area contributed by atoms with Crippen LogP contribution in [0.3, 0.4) is 0 Å². The van der Waals surface area contributed by atoms with E-state index in [0.29, 0.717) is 0 Å². The largest absolute Gasteiger partial charge is 0.326 e.